The molecule has 322 valence electrons. The zero-order chi connectivity index (χ0) is 47.3. The maximum atomic E-state index is 13.8. The minimum absolute atomic E-state index is 0.00678. The first kappa shape index (κ1) is 44.6. The molecule has 5 aromatic rings. The Hall–Kier alpha value is -7.40. The molecule has 0 aromatic heterocycles. The van der Waals surface area contributed by atoms with Crippen LogP contribution in [0.2, 0.25) is 0 Å². The van der Waals surface area contributed by atoms with Crippen LogP contribution < -0.4 is 0 Å². The molecule has 0 fully saturated rings. The summed E-state index contributed by atoms with van der Waals surface area (Å²) in [5.41, 5.74) is -10.1. The Kier molecular flexibility index (Phi) is 10.2. The zero-order valence-corrected chi connectivity index (χ0v) is 32.5. The lowest BCUT2D eigenvalue weighted by Crippen LogP contribution is -2.13. The normalized spacial score (nSPS) is 13.4. The van der Waals surface area contributed by atoms with E-state index in [9.17, 15) is 90.6 Å². The van der Waals surface area contributed by atoms with Gasteiger partial charge in [-0.3, -0.25) is 0 Å². The van der Waals surface area contributed by atoms with Gasteiger partial charge in [-0.05, 0) is 117 Å². The molecule has 0 saturated heterocycles. The van der Waals surface area contributed by atoms with Crippen LogP contribution in [0.25, 0.3) is 33.4 Å². The summed E-state index contributed by atoms with van der Waals surface area (Å²) in [6.07, 6.45) is -21.7. The smallest absolute Gasteiger partial charge is 0.219 e. The van der Waals surface area contributed by atoms with Crippen molar-refractivity contribution in [1.29, 1.82) is 21.0 Å². The summed E-state index contributed by atoms with van der Waals surface area (Å²) in [6, 6.07) is 13.9. The highest BCUT2D eigenvalue weighted by atomic mass is 32.2. The molecule has 0 amide bonds. The van der Waals surface area contributed by atoms with Crippen molar-refractivity contribution in [2.75, 3.05) is 0 Å². The number of hydrogen-bond donors (Lipinski definition) is 0. The van der Waals surface area contributed by atoms with Crippen molar-refractivity contribution < 1.29 is 69.5 Å². The zero-order valence-electron chi connectivity index (χ0n) is 30.9. The number of allylic oxidation sites excluding steroid dienone is 2. The fourth-order valence-corrected chi connectivity index (χ4v) is 9.97. The largest absolute Gasteiger partial charge is 0.416 e. The van der Waals surface area contributed by atoms with Crippen LogP contribution in [0.15, 0.2) is 116 Å². The fourth-order valence-electron chi connectivity index (χ4n) is 7.26. The second-order valence-corrected chi connectivity index (χ2v) is 17.7. The van der Waals surface area contributed by atoms with Crippen molar-refractivity contribution in [3.8, 4) is 46.5 Å². The molecular weight excluding hydrogens is 917 g/mol. The lowest BCUT2D eigenvalue weighted by atomic mass is 9.93. The van der Waals surface area contributed by atoms with Crippen molar-refractivity contribution >= 4 is 30.8 Å². The van der Waals surface area contributed by atoms with Gasteiger partial charge in [0.15, 0.2) is 0 Å². The van der Waals surface area contributed by atoms with Crippen LogP contribution in [0.5, 0.6) is 0 Å². The van der Waals surface area contributed by atoms with Gasteiger partial charge in [0.1, 0.15) is 35.4 Å². The van der Waals surface area contributed by atoms with Crippen LogP contribution in [-0.2, 0) is 44.4 Å². The Balaban J connectivity index is 1.44. The van der Waals surface area contributed by atoms with Crippen molar-refractivity contribution in [2.45, 2.75) is 44.3 Å². The molecule has 8 nitrogen and oxygen atoms in total. The quantitative estimate of drug-likeness (QED) is 0.124. The molecule has 0 heterocycles. The number of rotatable bonds is 4. The topological polar surface area (TPSA) is 163 Å². The number of halogens is 12. The van der Waals surface area contributed by atoms with Crippen LogP contribution in [0.1, 0.15) is 44.5 Å². The molecule has 2 aliphatic carbocycles. The summed E-state index contributed by atoms with van der Waals surface area (Å²) in [5.74, 6) is 0. The Bertz CT molecular complexity index is 3090. The number of sulfone groups is 2. The van der Waals surface area contributed by atoms with Crippen molar-refractivity contribution in [3.05, 3.63) is 141 Å². The summed E-state index contributed by atoms with van der Waals surface area (Å²) < 4.78 is 219. The Labute approximate surface area is 351 Å². The fraction of sp³-hybridized carbons (Fsp3) is 0.0952. The molecule has 0 bridgehead atoms. The van der Waals surface area contributed by atoms with Crippen molar-refractivity contribution in [2.24, 2.45) is 0 Å². The molecule has 0 unspecified atom stereocenters. The molecular formula is C42H14F12N4O4S2. The van der Waals surface area contributed by atoms with Gasteiger partial charge in [0.05, 0.1) is 41.8 Å². The minimum Gasteiger partial charge on any atom is -0.219 e. The predicted octanol–water partition coefficient (Wildman–Crippen LogP) is 11.1. The van der Waals surface area contributed by atoms with Crippen LogP contribution in [0.3, 0.4) is 0 Å². The lowest BCUT2D eigenvalue weighted by molar-refractivity contribution is -0.145. The highest BCUT2D eigenvalue weighted by Crippen LogP contribution is 2.54. The Morgan fingerprint density at radius 1 is 0.344 bits per heavy atom. The first-order valence-corrected chi connectivity index (χ1v) is 20.2. The maximum absolute atomic E-state index is 13.8. The van der Waals surface area contributed by atoms with Gasteiger partial charge in [-0.1, -0.05) is 12.1 Å². The van der Waals surface area contributed by atoms with Gasteiger partial charge in [-0.25, -0.2) is 16.8 Å². The van der Waals surface area contributed by atoms with E-state index in [4.69, 9.17) is 0 Å². The second-order valence-electron chi connectivity index (χ2n) is 13.8. The number of fused-ring (bicyclic) bond motifs is 6. The minimum atomic E-state index is -5.42. The van der Waals surface area contributed by atoms with Gasteiger partial charge >= 0.3 is 24.7 Å². The lowest BCUT2D eigenvalue weighted by Gasteiger charge is -2.15. The number of benzene rings is 5. The average Bonchev–Trinajstić information content (AvgIpc) is 3.70. The van der Waals surface area contributed by atoms with Crippen molar-refractivity contribution in [1.82, 2.24) is 0 Å². The van der Waals surface area contributed by atoms with Gasteiger partial charge in [-0.15, -0.1) is 0 Å². The Morgan fingerprint density at radius 2 is 0.609 bits per heavy atom. The van der Waals surface area contributed by atoms with Gasteiger partial charge in [-0.2, -0.15) is 73.7 Å². The van der Waals surface area contributed by atoms with E-state index >= 15 is 0 Å². The Morgan fingerprint density at radius 3 is 0.875 bits per heavy atom. The summed E-state index contributed by atoms with van der Waals surface area (Å²) >= 11 is 0. The number of hydrogen-bond acceptors (Lipinski definition) is 8. The second kappa shape index (κ2) is 14.6. The molecule has 22 heteroatoms. The molecule has 0 spiro atoms. The summed E-state index contributed by atoms with van der Waals surface area (Å²) in [5, 5.41) is 40.0. The molecule has 0 saturated carbocycles. The molecule has 7 rings (SSSR count). The molecule has 0 atom stereocenters. The summed E-state index contributed by atoms with van der Waals surface area (Å²) in [6.45, 7) is 0. The van der Waals surface area contributed by atoms with Gasteiger partial charge in [0.2, 0.25) is 19.7 Å². The van der Waals surface area contributed by atoms with Crippen LogP contribution in [-0.4, -0.2) is 16.8 Å². The van der Waals surface area contributed by atoms with E-state index in [1.165, 1.54) is 12.1 Å². The summed E-state index contributed by atoms with van der Waals surface area (Å²) in [4.78, 5) is -4.55. The molecule has 64 heavy (non-hydrogen) atoms. The average molecular weight is 931 g/mol. The first-order chi connectivity index (χ1) is 29.6. The first-order valence-electron chi connectivity index (χ1n) is 17.2. The highest BCUT2D eigenvalue weighted by Gasteiger charge is 2.41. The van der Waals surface area contributed by atoms with E-state index in [0.29, 0.717) is 0 Å². The highest BCUT2D eigenvalue weighted by molar-refractivity contribution is 7.91. The van der Waals surface area contributed by atoms with Crippen molar-refractivity contribution in [3.63, 3.8) is 0 Å². The van der Waals surface area contributed by atoms with Gasteiger partial charge < -0.3 is 0 Å². The summed E-state index contributed by atoms with van der Waals surface area (Å²) in [7, 11) is -10.5. The van der Waals surface area contributed by atoms with Crippen LogP contribution >= 0.6 is 0 Å². The van der Waals surface area contributed by atoms with E-state index in [0.717, 1.165) is 36.4 Å². The third-order valence-corrected chi connectivity index (χ3v) is 13.6. The van der Waals surface area contributed by atoms with Gasteiger partial charge in [0, 0.05) is 11.1 Å². The standard InChI is InChI=1S/C42H14F12N4O4S2/c43-39(44,45)21-5-22(40(46,47)48)8-27(7-21)63(59,60)25-1-3-29-31-13-32-30-4-2-26(64(61,62)28-9-23(41(49,50)51)6-24(10-28)42(52,53)54)12-34(30)38(20(17-57)18-58)36(32)14-35(31)37(33(29)11-25)19(15-55)16-56/h1-14H. The molecule has 5 aromatic carbocycles. The van der Waals surface area contributed by atoms with E-state index in [1.54, 1.807) is 24.3 Å². The monoisotopic (exact) mass is 930 g/mol. The van der Waals surface area contributed by atoms with E-state index < -0.39 is 97.4 Å². The number of nitrogens with zero attached hydrogens (tertiary/aromatic N) is 4. The van der Waals surface area contributed by atoms with E-state index in [2.05, 4.69) is 0 Å². The van der Waals surface area contributed by atoms with Crippen LogP contribution in [0.4, 0.5) is 52.7 Å². The molecule has 0 radical (unpaired) electrons. The van der Waals surface area contributed by atoms with E-state index in [1.807, 2.05) is 0 Å². The molecule has 0 aliphatic heterocycles. The SMILES string of the molecule is N#CC(C#N)=C1c2cc(S(=O)(=O)c3cc(C(F)(F)F)cc(C(F)(F)F)c3)ccc2-c2cc3c(cc21)C(=C(C#N)C#N)c1cc(S(=O)(=O)c2cc(C(F)(F)F)cc(C(F)(F)F)c2)ccc1-3. The molecule has 2 aliphatic rings. The van der Waals surface area contributed by atoms with E-state index in [-0.39, 0.29) is 92.1 Å². The third-order valence-electron chi connectivity index (χ3n) is 10.1. The number of alkyl halides is 12. The van der Waals surface area contributed by atoms with Crippen LogP contribution in [0, 0.1) is 45.3 Å². The molecule has 0 N–H and O–H groups in total. The maximum Gasteiger partial charge on any atom is 0.416 e. The third kappa shape index (κ3) is 7.30. The number of nitriles is 4. The predicted molar refractivity (Wildman–Crippen MR) is 196 cm³/mol. The van der Waals surface area contributed by atoms with Gasteiger partial charge in [0.25, 0.3) is 0 Å².